The largest absolute Gasteiger partial charge is 0.488 e. The normalized spacial score (nSPS) is 10.5. The van der Waals surface area contributed by atoms with Crippen molar-refractivity contribution in [1.29, 1.82) is 0 Å². The van der Waals surface area contributed by atoms with Gasteiger partial charge in [-0.2, -0.15) is 0 Å². The molecule has 118 valence electrons. The van der Waals surface area contributed by atoms with Crippen molar-refractivity contribution in [3.8, 4) is 5.75 Å². The number of aromatic nitrogens is 1. The summed E-state index contributed by atoms with van der Waals surface area (Å²) in [7, 11) is 0. The second-order valence-electron chi connectivity index (χ2n) is 4.82. The lowest BCUT2D eigenvalue weighted by Gasteiger charge is -2.13. The first-order valence-corrected chi connectivity index (χ1v) is 8.67. The molecule has 0 unspecified atom stereocenters. The van der Waals surface area contributed by atoms with E-state index in [0.717, 1.165) is 20.9 Å². The highest BCUT2D eigenvalue weighted by Gasteiger charge is 2.08. The molecule has 3 aromatic rings. The topological polar surface area (TPSA) is 34.1 Å². The van der Waals surface area contributed by atoms with Gasteiger partial charge in [-0.25, -0.2) is 9.37 Å². The van der Waals surface area contributed by atoms with Crippen molar-refractivity contribution in [1.82, 2.24) is 4.98 Å². The third-order valence-corrected chi connectivity index (χ3v) is 4.45. The molecule has 1 N–H and O–H groups in total. The van der Waals surface area contributed by atoms with Crippen molar-refractivity contribution in [2.45, 2.75) is 13.2 Å². The van der Waals surface area contributed by atoms with Gasteiger partial charge in [0.2, 0.25) is 0 Å². The zero-order valence-electron chi connectivity index (χ0n) is 12.1. The van der Waals surface area contributed by atoms with Crippen LogP contribution in [0, 0.1) is 5.82 Å². The van der Waals surface area contributed by atoms with Gasteiger partial charge in [0.05, 0.1) is 0 Å². The molecule has 0 atom stereocenters. The number of nitrogens with one attached hydrogen (secondary N) is 1. The molecule has 0 fully saturated rings. The van der Waals surface area contributed by atoms with Gasteiger partial charge >= 0.3 is 0 Å². The summed E-state index contributed by atoms with van der Waals surface area (Å²) in [6.45, 7) is 0.776. The molecular formula is C17H14BrFN2OS. The zero-order chi connectivity index (χ0) is 16.1. The van der Waals surface area contributed by atoms with Gasteiger partial charge in [-0.3, -0.25) is 0 Å². The number of nitrogens with zero attached hydrogens (tertiary/aromatic N) is 1. The van der Waals surface area contributed by atoms with E-state index in [-0.39, 0.29) is 12.4 Å². The van der Waals surface area contributed by atoms with Crippen molar-refractivity contribution >= 4 is 32.4 Å². The Hall–Kier alpha value is -1.92. The van der Waals surface area contributed by atoms with E-state index in [1.807, 2.05) is 23.6 Å². The maximum atomic E-state index is 13.7. The minimum atomic E-state index is -0.257. The predicted octanol–water partition coefficient (Wildman–Crippen LogP) is 5.24. The molecule has 3 rings (SSSR count). The highest BCUT2D eigenvalue weighted by atomic mass is 79.9. The van der Waals surface area contributed by atoms with Crippen LogP contribution in [-0.4, -0.2) is 4.98 Å². The van der Waals surface area contributed by atoms with Gasteiger partial charge in [-0.1, -0.05) is 34.1 Å². The highest BCUT2D eigenvalue weighted by molar-refractivity contribution is 9.10. The number of benzene rings is 2. The van der Waals surface area contributed by atoms with Crippen LogP contribution >= 0.6 is 27.3 Å². The molecule has 0 bridgehead atoms. The summed E-state index contributed by atoms with van der Waals surface area (Å²) < 4.78 is 20.5. The number of rotatable bonds is 6. The Morgan fingerprint density at radius 1 is 1.17 bits per heavy atom. The van der Waals surface area contributed by atoms with Gasteiger partial charge in [0.15, 0.2) is 5.13 Å². The fourth-order valence-corrected chi connectivity index (χ4v) is 3.02. The Labute approximate surface area is 146 Å². The molecule has 0 saturated carbocycles. The number of thiazole rings is 1. The van der Waals surface area contributed by atoms with Crippen LogP contribution in [0.1, 0.15) is 11.1 Å². The fraction of sp³-hybridized carbons (Fsp3) is 0.118. The van der Waals surface area contributed by atoms with Crippen LogP contribution in [0.2, 0.25) is 0 Å². The van der Waals surface area contributed by atoms with Crippen LogP contribution in [0.5, 0.6) is 5.75 Å². The van der Waals surface area contributed by atoms with Crippen LogP contribution in [-0.2, 0) is 13.2 Å². The Morgan fingerprint density at radius 2 is 2.04 bits per heavy atom. The smallest absolute Gasteiger partial charge is 0.182 e. The van der Waals surface area contributed by atoms with E-state index >= 15 is 0 Å². The molecule has 23 heavy (non-hydrogen) atoms. The molecule has 0 spiro atoms. The molecule has 0 aliphatic heterocycles. The highest BCUT2D eigenvalue weighted by Crippen LogP contribution is 2.26. The Kier molecular flexibility index (Phi) is 5.25. The van der Waals surface area contributed by atoms with Crippen LogP contribution in [0.15, 0.2) is 58.5 Å². The molecule has 0 aliphatic carbocycles. The Balaban J connectivity index is 1.72. The van der Waals surface area contributed by atoms with E-state index in [4.69, 9.17) is 4.74 Å². The first-order valence-electron chi connectivity index (χ1n) is 7.00. The molecule has 0 amide bonds. The Bertz CT molecular complexity index is 780. The van der Waals surface area contributed by atoms with Crippen LogP contribution in [0.4, 0.5) is 9.52 Å². The van der Waals surface area contributed by atoms with Gasteiger partial charge in [-0.05, 0) is 24.3 Å². The van der Waals surface area contributed by atoms with Crippen LogP contribution < -0.4 is 10.1 Å². The monoisotopic (exact) mass is 392 g/mol. The van der Waals surface area contributed by atoms with Gasteiger partial charge in [0.25, 0.3) is 0 Å². The lowest BCUT2D eigenvalue weighted by atomic mass is 10.2. The van der Waals surface area contributed by atoms with Crippen molar-refractivity contribution in [2.75, 3.05) is 5.32 Å². The second kappa shape index (κ2) is 7.57. The molecule has 6 heteroatoms. The number of anilines is 1. The molecule has 0 saturated heterocycles. The fourth-order valence-electron chi connectivity index (χ4n) is 2.08. The van der Waals surface area contributed by atoms with Crippen molar-refractivity contribution in [3.05, 3.63) is 75.5 Å². The van der Waals surface area contributed by atoms with Crippen molar-refractivity contribution < 1.29 is 9.13 Å². The van der Waals surface area contributed by atoms with Gasteiger partial charge in [0, 0.05) is 33.7 Å². The van der Waals surface area contributed by atoms with Gasteiger partial charge < -0.3 is 10.1 Å². The minimum Gasteiger partial charge on any atom is -0.488 e. The van der Waals surface area contributed by atoms with E-state index in [1.54, 1.807) is 35.7 Å². The maximum Gasteiger partial charge on any atom is 0.182 e. The lowest BCUT2D eigenvalue weighted by molar-refractivity contribution is 0.297. The Morgan fingerprint density at radius 3 is 2.83 bits per heavy atom. The average molecular weight is 393 g/mol. The summed E-state index contributed by atoms with van der Waals surface area (Å²) in [5.74, 6) is 0.465. The summed E-state index contributed by atoms with van der Waals surface area (Å²) in [5.41, 5.74) is 1.51. The minimum absolute atomic E-state index is 0.193. The first-order chi connectivity index (χ1) is 11.2. The molecule has 1 aromatic heterocycles. The third kappa shape index (κ3) is 4.30. The van der Waals surface area contributed by atoms with Gasteiger partial charge in [-0.15, -0.1) is 11.3 Å². The summed E-state index contributed by atoms with van der Waals surface area (Å²) in [6, 6.07) is 12.4. The quantitative estimate of drug-likeness (QED) is 0.622. The van der Waals surface area contributed by atoms with E-state index in [0.29, 0.717) is 12.1 Å². The third-order valence-electron chi connectivity index (χ3n) is 3.23. The van der Waals surface area contributed by atoms with E-state index in [1.165, 1.54) is 6.07 Å². The molecule has 3 nitrogen and oxygen atoms in total. The van der Waals surface area contributed by atoms with Gasteiger partial charge in [0.1, 0.15) is 18.2 Å². The molecule has 2 aromatic carbocycles. The number of hydrogen-bond acceptors (Lipinski definition) is 4. The molecular weight excluding hydrogens is 379 g/mol. The van der Waals surface area contributed by atoms with Crippen molar-refractivity contribution in [2.24, 2.45) is 0 Å². The molecule has 0 radical (unpaired) electrons. The van der Waals surface area contributed by atoms with Crippen molar-refractivity contribution in [3.63, 3.8) is 0 Å². The number of halogens is 2. The number of ether oxygens (including phenoxy) is 1. The number of hydrogen-bond donors (Lipinski definition) is 1. The summed E-state index contributed by atoms with van der Waals surface area (Å²) in [4.78, 5) is 4.19. The predicted molar refractivity (Wildman–Crippen MR) is 94.3 cm³/mol. The average Bonchev–Trinajstić information content (AvgIpc) is 3.07. The molecule has 0 aliphatic rings. The van der Waals surface area contributed by atoms with E-state index in [9.17, 15) is 4.39 Å². The van der Waals surface area contributed by atoms with E-state index in [2.05, 4.69) is 26.2 Å². The second-order valence-corrected chi connectivity index (χ2v) is 6.63. The summed E-state index contributed by atoms with van der Waals surface area (Å²) in [5, 5.41) is 6.02. The van der Waals surface area contributed by atoms with Crippen LogP contribution in [0.25, 0.3) is 0 Å². The first kappa shape index (κ1) is 16.0. The maximum absolute atomic E-state index is 13.7. The lowest BCUT2D eigenvalue weighted by Crippen LogP contribution is -2.04. The van der Waals surface area contributed by atoms with Crippen LogP contribution in [0.3, 0.4) is 0 Å². The standard InChI is InChI=1S/C17H14BrFN2OS/c18-14-5-6-16(22-11-12-3-1-2-4-15(12)19)13(9-14)10-21-17-20-7-8-23-17/h1-9H,10-11H2,(H,20,21). The zero-order valence-corrected chi connectivity index (χ0v) is 14.5. The summed E-state index contributed by atoms with van der Waals surface area (Å²) >= 11 is 5.01. The summed E-state index contributed by atoms with van der Waals surface area (Å²) in [6.07, 6.45) is 1.75. The van der Waals surface area contributed by atoms with E-state index < -0.39 is 0 Å². The molecule has 1 heterocycles. The SMILES string of the molecule is Fc1ccccc1COc1ccc(Br)cc1CNc1nccs1.